The van der Waals surface area contributed by atoms with Crippen LogP contribution in [-0.2, 0) is 11.8 Å². The van der Waals surface area contributed by atoms with Crippen LogP contribution in [0.5, 0.6) is 5.75 Å². The Bertz CT molecular complexity index is 1520. The molecule has 2 N–H and O–H groups in total. The van der Waals surface area contributed by atoms with Crippen LogP contribution in [-0.4, -0.2) is 60.1 Å². The highest BCUT2D eigenvalue weighted by molar-refractivity contribution is 6.02. The number of aryl methyl sites for hydroxylation is 1. The minimum atomic E-state index is -0.325. The fourth-order valence-corrected chi connectivity index (χ4v) is 4.32. The van der Waals surface area contributed by atoms with Gasteiger partial charge in [-0.15, -0.1) is 0 Å². The van der Waals surface area contributed by atoms with Gasteiger partial charge in [-0.05, 0) is 44.8 Å². The predicted molar refractivity (Wildman–Crippen MR) is 160 cm³/mol. The third kappa shape index (κ3) is 6.10. The van der Waals surface area contributed by atoms with E-state index in [1.807, 2.05) is 57.4 Å². The number of hydrogen-bond donors (Lipinski definition) is 2. The summed E-state index contributed by atoms with van der Waals surface area (Å²) < 4.78 is 7.81. The Balaban J connectivity index is 1.71. The van der Waals surface area contributed by atoms with Crippen molar-refractivity contribution in [3.63, 3.8) is 0 Å². The van der Waals surface area contributed by atoms with Gasteiger partial charge in [0.2, 0.25) is 11.9 Å². The molecule has 2 heterocycles. The minimum absolute atomic E-state index is 0.325. The van der Waals surface area contributed by atoms with E-state index in [0.29, 0.717) is 23.1 Å². The zero-order valence-corrected chi connectivity index (χ0v) is 23.2. The van der Waals surface area contributed by atoms with E-state index in [0.717, 1.165) is 46.5 Å². The van der Waals surface area contributed by atoms with Crippen LogP contribution < -0.4 is 20.3 Å². The van der Waals surface area contributed by atoms with Crippen LogP contribution in [0.25, 0.3) is 22.2 Å². The van der Waals surface area contributed by atoms with Crippen LogP contribution in [0.1, 0.15) is 6.42 Å². The van der Waals surface area contributed by atoms with Crippen LogP contribution in [0.3, 0.4) is 0 Å². The Labute approximate surface area is 229 Å². The highest BCUT2D eigenvalue weighted by Gasteiger charge is 2.18. The Morgan fingerprint density at radius 1 is 1.15 bits per heavy atom. The fourth-order valence-electron chi connectivity index (χ4n) is 4.32. The molecule has 0 atom stereocenters. The van der Waals surface area contributed by atoms with Crippen LogP contribution >= 0.6 is 0 Å². The van der Waals surface area contributed by atoms with Gasteiger partial charge in [-0.25, -0.2) is 9.97 Å². The number of anilines is 4. The molecule has 4 aromatic rings. The monoisotopic (exact) mass is 525 g/mol. The number of carbonyl (C=O) groups is 1. The van der Waals surface area contributed by atoms with Crippen molar-refractivity contribution in [2.75, 3.05) is 50.3 Å². The zero-order chi connectivity index (χ0) is 28.1. The van der Waals surface area contributed by atoms with Gasteiger partial charge < -0.3 is 29.7 Å². The van der Waals surface area contributed by atoms with E-state index in [4.69, 9.17) is 9.72 Å². The zero-order valence-electron chi connectivity index (χ0n) is 23.2. The SMILES string of the molecule is C=CC(=O)Nc1cc(Nc2nccc(-c3cn(C)c4ccccc34)n2)c(OC)cc1N(C)C(=C)CCN(C)C. The summed E-state index contributed by atoms with van der Waals surface area (Å²) in [7, 11) is 9.57. The number of amides is 1. The molecular formula is C30H35N7O2. The van der Waals surface area contributed by atoms with E-state index >= 15 is 0 Å². The third-order valence-electron chi connectivity index (χ3n) is 6.52. The highest BCUT2D eigenvalue weighted by atomic mass is 16.5. The molecule has 39 heavy (non-hydrogen) atoms. The summed E-state index contributed by atoms with van der Waals surface area (Å²) in [5, 5.41) is 7.30. The molecule has 2 aromatic carbocycles. The molecule has 0 spiro atoms. The minimum Gasteiger partial charge on any atom is -0.494 e. The smallest absolute Gasteiger partial charge is 0.247 e. The number of rotatable bonds is 11. The van der Waals surface area contributed by atoms with Crippen molar-refractivity contribution in [1.29, 1.82) is 0 Å². The van der Waals surface area contributed by atoms with Crippen molar-refractivity contribution < 1.29 is 9.53 Å². The first kappa shape index (κ1) is 27.4. The lowest BCUT2D eigenvalue weighted by atomic mass is 10.1. The molecular weight excluding hydrogens is 490 g/mol. The van der Waals surface area contributed by atoms with Gasteiger partial charge in [-0.2, -0.15) is 0 Å². The standard InChI is InChI=1S/C30H35N7O2/c1-8-29(38)32-24-17-25(28(39-7)18-27(24)37(6)20(2)14-16-35(3)4)34-30-31-15-13-23(33-30)22-19-36(5)26-12-10-9-11-21(22)26/h8-13,15,17-19H,1-2,14,16H2,3-7H3,(H,32,38)(H,31,33,34). The lowest BCUT2D eigenvalue weighted by Crippen LogP contribution is -2.22. The number of methoxy groups -OCH3 is 1. The summed E-state index contributed by atoms with van der Waals surface area (Å²) in [4.78, 5) is 25.6. The Morgan fingerprint density at radius 3 is 2.64 bits per heavy atom. The van der Waals surface area contributed by atoms with Crippen molar-refractivity contribution in [2.24, 2.45) is 7.05 Å². The number of ether oxygens (including phenoxy) is 1. The fraction of sp³-hybridized carbons (Fsp3) is 0.233. The Kier molecular flexibility index (Phi) is 8.31. The van der Waals surface area contributed by atoms with Crippen molar-refractivity contribution in [3.8, 4) is 17.0 Å². The van der Waals surface area contributed by atoms with E-state index in [9.17, 15) is 4.79 Å². The summed E-state index contributed by atoms with van der Waals surface area (Å²) in [6, 6.07) is 13.7. The van der Waals surface area contributed by atoms with Gasteiger partial charge in [0.25, 0.3) is 0 Å². The maximum Gasteiger partial charge on any atom is 0.247 e. The maximum absolute atomic E-state index is 12.3. The van der Waals surface area contributed by atoms with Crippen LogP contribution in [0, 0.1) is 0 Å². The topological polar surface area (TPSA) is 87.5 Å². The van der Waals surface area contributed by atoms with Gasteiger partial charge in [-0.1, -0.05) is 31.4 Å². The molecule has 0 fully saturated rings. The number of hydrogen-bond acceptors (Lipinski definition) is 7. The first-order valence-electron chi connectivity index (χ1n) is 12.6. The van der Waals surface area contributed by atoms with Crippen LogP contribution in [0.15, 0.2) is 79.8 Å². The second-order valence-electron chi connectivity index (χ2n) is 9.50. The molecule has 0 bridgehead atoms. The lowest BCUT2D eigenvalue weighted by Gasteiger charge is -2.27. The first-order valence-corrected chi connectivity index (χ1v) is 12.6. The first-order chi connectivity index (χ1) is 18.7. The van der Waals surface area contributed by atoms with Gasteiger partial charge in [-0.3, -0.25) is 4.79 Å². The molecule has 0 unspecified atom stereocenters. The van der Waals surface area contributed by atoms with Crippen molar-refractivity contribution in [1.82, 2.24) is 19.4 Å². The number of nitrogens with one attached hydrogen (secondary N) is 2. The van der Waals surface area contributed by atoms with E-state index in [-0.39, 0.29) is 5.91 Å². The molecule has 9 heteroatoms. The number of fused-ring (bicyclic) bond motifs is 1. The molecule has 202 valence electrons. The Hall–Kier alpha value is -4.63. The van der Waals surface area contributed by atoms with E-state index in [2.05, 4.69) is 56.6 Å². The summed E-state index contributed by atoms with van der Waals surface area (Å²) in [5.74, 6) is 0.637. The Morgan fingerprint density at radius 2 is 1.92 bits per heavy atom. The quantitative estimate of drug-likeness (QED) is 0.253. The van der Waals surface area contributed by atoms with Crippen LogP contribution in [0.4, 0.5) is 23.0 Å². The number of carbonyl (C=O) groups excluding carboxylic acids is 1. The highest BCUT2D eigenvalue weighted by Crippen LogP contribution is 2.39. The summed E-state index contributed by atoms with van der Waals surface area (Å²) in [5.41, 5.74) is 5.73. The molecule has 0 radical (unpaired) electrons. The van der Waals surface area contributed by atoms with E-state index < -0.39 is 0 Å². The summed E-state index contributed by atoms with van der Waals surface area (Å²) in [6.07, 6.45) is 5.78. The van der Waals surface area contributed by atoms with Gasteiger partial charge in [0.1, 0.15) is 5.75 Å². The normalized spacial score (nSPS) is 10.9. The number of aromatic nitrogens is 3. The second kappa shape index (κ2) is 11.8. The van der Waals surface area contributed by atoms with E-state index in [1.54, 1.807) is 19.4 Å². The molecule has 0 aliphatic rings. The average Bonchev–Trinajstić information content (AvgIpc) is 3.28. The predicted octanol–water partition coefficient (Wildman–Crippen LogP) is 5.41. The largest absolute Gasteiger partial charge is 0.494 e. The van der Waals surface area contributed by atoms with E-state index in [1.165, 1.54) is 6.08 Å². The summed E-state index contributed by atoms with van der Waals surface area (Å²) >= 11 is 0. The van der Waals surface area contributed by atoms with Gasteiger partial charge in [0.15, 0.2) is 0 Å². The van der Waals surface area contributed by atoms with Gasteiger partial charge >= 0.3 is 0 Å². The number of nitrogens with zero attached hydrogens (tertiary/aromatic N) is 5. The third-order valence-corrected chi connectivity index (χ3v) is 6.52. The second-order valence-corrected chi connectivity index (χ2v) is 9.50. The molecule has 0 aliphatic carbocycles. The van der Waals surface area contributed by atoms with Gasteiger partial charge in [0, 0.05) is 61.3 Å². The van der Waals surface area contributed by atoms with Crippen molar-refractivity contribution >= 4 is 39.8 Å². The number of para-hydroxylation sites is 1. The molecule has 1 amide bonds. The molecule has 0 saturated heterocycles. The molecule has 4 rings (SSSR count). The molecule has 9 nitrogen and oxygen atoms in total. The maximum atomic E-state index is 12.3. The summed E-state index contributed by atoms with van der Waals surface area (Å²) in [6.45, 7) is 8.68. The number of benzene rings is 2. The van der Waals surface area contributed by atoms with Gasteiger partial charge in [0.05, 0.1) is 29.9 Å². The molecule has 0 aliphatic heterocycles. The molecule has 0 saturated carbocycles. The van der Waals surface area contributed by atoms with Crippen LogP contribution in [0.2, 0.25) is 0 Å². The lowest BCUT2D eigenvalue weighted by molar-refractivity contribution is -0.111. The van der Waals surface area contributed by atoms with Crippen molar-refractivity contribution in [2.45, 2.75) is 6.42 Å². The molecule has 2 aromatic heterocycles. The van der Waals surface area contributed by atoms with Crippen molar-refractivity contribution in [3.05, 3.63) is 79.8 Å². The average molecular weight is 526 g/mol.